The van der Waals surface area contributed by atoms with Crippen LogP contribution in [0.5, 0.6) is 0 Å². The Morgan fingerprint density at radius 2 is 1.88 bits per heavy atom. The van der Waals surface area contributed by atoms with Crippen molar-refractivity contribution in [2.24, 2.45) is 0 Å². The molecule has 1 amide bonds. The maximum absolute atomic E-state index is 12.8. The minimum absolute atomic E-state index is 0.128. The zero-order chi connectivity index (χ0) is 18.5. The van der Waals surface area contributed by atoms with Crippen LogP contribution in [0, 0.1) is 0 Å². The van der Waals surface area contributed by atoms with Crippen LogP contribution in [0.4, 0.5) is 5.69 Å². The number of aromatic nitrogens is 2. The van der Waals surface area contributed by atoms with Crippen molar-refractivity contribution < 1.29 is 4.79 Å². The average molecular weight is 406 g/mol. The summed E-state index contributed by atoms with van der Waals surface area (Å²) in [6, 6.07) is 14.9. The Morgan fingerprint density at radius 1 is 1.15 bits per heavy atom. The number of nitrogens with one attached hydrogen (secondary N) is 1. The van der Waals surface area contributed by atoms with E-state index in [1.165, 1.54) is 6.20 Å². The minimum Gasteiger partial charge on any atom is -0.323 e. The molecule has 0 saturated carbocycles. The molecule has 26 heavy (non-hydrogen) atoms. The van der Waals surface area contributed by atoms with Crippen LogP contribution >= 0.6 is 35.0 Å². The lowest BCUT2D eigenvalue weighted by molar-refractivity contribution is -0.119. The van der Waals surface area contributed by atoms with Crippen LogP contribution in [0.25, 0.3) is 0 Å². The second-order valence-electron chi connectivity index (χ2n) is 5.60. The van der Waals surface area contributed by atoms with Crippen LogP contribution in [0.3, 0.4) is 0 Å². The van der Waals surface area contributed by atoms with Gasteiger partial charge < -0.3 is 5.32 Å². The summed E-state index contributed by atoms with van der Waals surface area (Å²) in [5.74, 6) is -0.128. The molecule has 0 aliphatic heterocycles. The van der Waals surface area contributed by atoms with Gasteiger partial charge >= 0.3 is 0 Å². The maximum Gasteiger partial charge on any atom is 0.249 e. The van der Waals surface area contributed by atoms with Gasteiger partial charge in [-0.15, -0.1) is 0 Å². The van der Waals surface area contributed by atoms with Crippen LogP contribution in [-0.2, 0) is 4.79 Å². The van der Waals surface area contributed by atoms with Gasteiger partial charge in [-0.2, -0.15) is 5.10 Å². The lowest BCUT2D eigenvalue weighted by Crippen LogP contribution is -2.26. The number of benzene rings is 2. The van der Waals surface area contributed by atoms with Crippen molar-refractivity contribution in [2.75, 3.05) is 5.32 Å². The molecule has 2 aromatic carbocycles. The smallest absolute Gasteiger partial charge is 0.249 e. The molecule has 0 saturated heterocycles. The number of rotatable bonds is 6. The second-order valence-corrected chi connectivity index (χ2v) is 7.59. The molecule has 0 aliphatic rings. The number of carbonyl (C=O) groups excluding carboxylic acids is 1. The van der Waals surface area contributed by atoms with Crippen LogP contribution in [0.15, 0.2) is 70.7 Å². The lowest BCUT2D eigenvalue weighted by Gasteiger charge is -2.17. The molecule has 1 N–H and O–H groups in total. The predicted molar refractivity (Wildman–Crippen MR) is 107 cm³/mol. The second kappa shape index (κ2) is 8.62. The van der Waals surface area contributed by atoms with Gasteiger partial charge in [0.1, 0.15) is 6.04 Å². The van der Waals surface area contributed by atoms with Gasteiger partial charge in [0.25, 0.3) is 0 Å². The predicted octanol–water partition coefficient (Wildman–Crippen LogP) is 5.93. The van der Waals surface area contributed by atoms with E-state index in [4.69, 9.17) is 23.2 Å². The Bertz CT molecular complexity index is 896. The largest absolute Gasteiger partial charge is 0.323 e. The number of hydrogen-bond acceptors (Lipinski definition) is 3. The third-order valence-electron chi connectivity index (χ3n) is 3.77. The molecule has 134 valence electrons. The van der Waals surface area contributed by atoms with E-state index in [0.717, 1.165) is 15.5 Å². The summed E-state index contributed by atoms with van der Waals surface area (Å²) >= 11 is 13.4. The molecule has 3 rings (SSSR count). The fraction of sp³-hybridized carbons (Fsp3) is 0.158. The van der Waals surface area contributed by atoms with Crippen LogP contribution < -0.4 is 5.32 Å². The van der Waals surface area contributed by atoms with Crippen molar-refractivity contribution in [1.82, 2.24) is 9.78 Å². The fourth-order valence-corrected chi connectivity index (χ4v) is 3.65. The van der Waals surface area contributed by atoms with E-state index in [-0.39, 0.29) is 5.91 Å². The molecule has 0 aliphatic carbocycles. The molecule has 0 spiro atoms. The molecule has 0 fully saturated rings. The molecule has 3 aromatic rings. The van der Waals surface area contributed by atoms with Crippen molar-refractivity contribution in [3.05, 3.63) is 71.0 Å². The molecule has 0 bridgehead atoms. The number of hydrogen-bond donors (Lipinski definition) is 1. The van der Waals surface area contributed by atoms with Gasteiger partial charge in [0.15, 0.2) is 0 Å². The highest BCUT2D eigenvalue weighted by Crippen LogP contribution is 2.34. The standard InChI is InChI=1S/C19H17Cl2N3OS/c1-2-17(24-12-14(21)11-22-24)19(25)23-16-5-3-4-6-18(16)26-15-9-7-13(20)8-10-15/h3-12,17H,2H2,1H3,(H,23,25). The first kappa shape index (κ1) is 18.8. The van der Waals surface area contributed by atoms with Crippen LogP contribution in [0.1, 0.15) is 19.4 Å². The number of carbonyl (C=O) groups is 1. The summed E-state index contributed by atoms with van der Waals surface area (Å²) in [4.78, 5) is 14.8. The summed E-state index contributed by atoms with van der Waals surface area (Å²) in [6.07, 6.45) is 3.79. The molecule has 4 nitrogen and oxygen atoms in total. The Morgan fingerprint density at radius 3 is 2.54 bits per heavy atom. The Balaban J connectivity index is 1.78. The molecular weight excluding hydrogens is 389 g/mol. The van der Waals surface area contributed by atoms with E-state index >= 15 is 0 Å². The molecule has 1 atom stereocenters. The topological polar surface area (TPSA) is 46.9 Å². The first-order chi connectivity index (χ1) is 12.6. The Kier molecular flexibility index (Phi) is 6.25. The third-order valence-corrected chi connectivity index (χ3v) is 5.30. The van der Waals surface area contributed by atoms with E-state index in [0.29, 0.717) is 16.5 Å². The highest BCUT2D eigenvalue weighted by atomic mass is 35.5. The summed E-state index contributed by atoms with van der Waals surface area (Å²) in [6.45, 7) is 1.94. The summed E-state index contributed by atoms with van der Waals surface area (Å²) < 4.78 is 1.59. The van der Waals surface area contributed by atoms with Gasteiger partial charge in [-0.05, 0) is 42.8 Å². The van der Waals surface area contributed by atoms with Crippen molar-refractivity contribution in [2.45, 2.75) is 29.2 Å². The molecule has 1 heterocycles. The van der Waals surface area contributed by atoms with Crippen molar-refractivity contribution >= 4 is 46.6 Å². The zero-order valence-corrected chi connectivity index (χ0v) is 16.4. The monoisotopic (exact) mass is 405 g/mol. The fourth-order valence-electron chi connectivity index (χ4n) is 2.48. The van der Waals surface area contributed by atoms with E-state index in [2.05, 4.69) is 10.4 Å². The van der Waals surface area contributed by atoms with Crippen LogP contribution in [0.2, 0.25) is 10.0 Å². The first-order valence-electron chi connectivity index (χ1n) is 8.10. The third kappa shape index (κ3) is 4.61. The van der Waals surface area contributed by atoms with Crippen molar-refractivity contribution in [3.63, 3.8) is 0 Å². The minimum atomic E-state index is -0.420. The quantitative estimate of drug-likeness (QED) is 0.552. The lowest BCUT2D eigenvalue weighted by atomic mass is 10.2. The summed E-state index contributed by atoms with van der Waals surface area (Å²) in [5.41, 5.74) is 0.758. The number of halogens is 2. The maximum atomic E-state index is 12.8. The van der Waals surface area contributed by atoms with Gasteiger partial charge in [0.05, 0.1) is 16.9 Å². The molecular formula is C19H17Cl2N3OS. The SMILES string of the molecule is CCC(C(=O)Nc1ccccc1Sc1ccc(Cl)cc1)n1cc(Cl)cn1. The summed E-state index contributed by atoms with van der Waals surface area (Å²) in [5, 5.41) is 8.37. The summed E-state index contributed by atoms with van der Waals surface area (Å²) in [7, 11) is 0. The van der Waals surface area contributed by atoms with Crippen molar-refractivity contribution in [3.8, 4) is 0 Å². The average Bonchev–Trinajstić information content (AvgIpc) is 3.05. The normalized spacial score (nSPS) is 12.0. The first-order valence-corrected chi connectivity index (χ1v) is 9.67. The molecule has 7 heteroatoms. The van der Waals surface area contributed by atoms with Gasteiger partial charge in [-0.1, -0.05) is 54.0 Å². The molecule has 1 aromatic heterocycles. The van der Waals surface area contributed by atoms with Gasteiger partial charge in [-0.3, -0.25) is 9.48 Å². The van der Waals surface area contributed by atoms with E-state index < -0.39 is 6.04 Å². The number of amides is 1. The van der Waals surface area contributed by atoms with Crippen molar-refractivity contribution in [1.29, 1.82) is 0 Å². The van der Waals surface area contributed by atoms with Crippen LogP contribution in [-0.4, -0.2) is 15.7 Å². The molecule has 0 radical (unpaired) electrons. The molecule has 1 unspecified atom stereocenters. The highest BCUT2D eigenvalue weighted by Gasteiger charge is 2.20. The van der Waals surface area contributed by atoms with E-state index in [1.807, 2.05) is 55.5 Å². The van der Waals surface area contributed by atoms with Gasteiger partial charge in [0.2, 0.25) is 5.91 Å². The Labute approximate surface area is 166 Å². The number of nitrogens with zero attached hydrogens (tertiary/aromatic N) is 2. The number of anilines is 1. The Hall–Kier alpha value is -1.95. The highest BCUT2D eigenvalue weighted by molar-refractivity contribution is 7.99. The van der Waals surface area contributed by atoms with E-state index in [9.17, 15) is 4.79 Å². The van der Waals surface area contributed by atoms with E-state index in [1.54, 1.807) is 22.6 Å². The number of para-hydroxylation sites is 1. The van der Waals surface area contributed by atoms with Gasteiger partial charge in [0, 0.05) is 21.0 Å². The zero-order valence-electron chi connectivity index (χ0n) is 14.0. The van der Waals surface area contributed by atoms with Gasteiger partial charge in [-0.25, -0.2) is 0 Å².